The number of amides is 2. The molecule has 0 unspecified atom stereocenters. The van der Waals surface area contributed by atoms with Crippen molar-refractivity contribution < 1.29 is 31.5 Å². The van der Waals surface area contributed by atoms with Gasteiger partial charge >= 0.3 is 0 Å². The Kier molecular flexibility index (Phi) is 7.46. The Morgan fingerprint density at radius 2 is 1.62 bits per heavy atom. The van der Waals surface area contributed by atoms with Crippen LogP contribution in [0.4, 0.5) is 27.6 Å². The number of rotatable bonds is 7. The van der Waals surface area contributed by atoms with Gasteiger partial charge in [-0.2, -0.15) is 0 Å². The summed E-state index contributed by atoms with van der Waals surface area (Å²) in [5.74, 6) is -8.00. The SMILES string of the molecule is CCCN(CC(=O)Nc1ccc(F)c(F)c1F)C(=O)/C=C/c1c(F)cccc1F. The van der Waals surface area contributed by atoms with Crippen LogP contribution in [0, 0.1) is 29.1 Å². The summed E-state index contributed by atoms with van der Waals surface area (Å²) in [6.07, 6.45) is 2.31. The summed E-state index contributed by atoms with van der Waals surface area (Å²) in [4.78, 5) is 25.5. The van der Waals surface area contributed by atoms with Crippen LogP contribution in [0.2, 0.25) is 0 Å². The second kappa shape index (κ2) is 9.81. The molecule has 2 aromatic rings. The molecular weight excluding hydrogens is 395 g/mol. The molecule has 1 N–H and O–H groups in total. The van der Waals surface area contributed by atoms with Crippen LogP contribution in [-0.2, 0) is 9.59 Å². The minimum Gasteiger partial charge on any atom is -0.330 e. The van der Waals surface area contributed by atoms with E-state index in [0.717, 1.165) is 35.3 Å². The molecule has 0 saturated heterocycles. The lowest BCUT2D eigenvalue weighted by Crippen LogP contribution is -2.37. The molecule has 0 aliphatic rings. The van der Waals surface area contributed by atoms with Gasteiger partial charge in [-0.05, 0) is 36.8 Å². The first-order chi connectivity index (χ1) is 13.7. The topological polar surface area (TPSA) is 49.4 Å². The van der Waals surface area contributed by atoms with Crippen molar-refractivity contribution >= 4 is 23.6 Å². The molecule has 0 heterocycles. The third-order valence-electron chi connectivity index (χ3n) is 3.84. The van der Waals surface area contributed by atoms with Gasteiger partial charge in [0.25, 0.3) is 0 Å². The van der Waals surface area contributed by atoms with Crippen LogP contribution in [0.15, 0.2) is 36.4 Å². The summed E-state index contributed by atoms with van der Waals surface area (Å²) in [5, 5.41) is 2.06. The van der Waals surface area contributed by atoms with Crippen molar-refractivity contribution in [3.05, 3.63) is 71.1 Å². The first kappa shape index (κ1) is 22.1. The molecule has 0 spiro atoms. The molecule has 0 aliphatic carbocycles. The van der Waals surface area contributed by atoms with E-state index in [9.17, 15) is 31.5 Å². The largest absolute Gasteiger partial charge is 0.330 e. The first-order valence-electron chi connectivity index (χ1n) is 8.59. The maximum atomic E-state index is 13.7. The van der Waals surface area contributed by atoms with Crippen molar-refractivity contribution in [2.45, 2.75) is 13.3 Å². The van der Waals surface area contributed by atoms with Crippen molar-refractivity contribution in [1.29, 1.82) is 0 Å². The summed E-state index contributed by atoms with van der Waals surface area (Å²) in [6.45, 7) is 1.32. The van der Waals surface area contributed by atoms with Gasteiger partial charge in [0, 0.05) is 18.2 Å². The van der Waals surface area contributed by atoms with Crippen LogP contribution in [0.3, 0.4) is 0 Å². The van der Waals surface area contributed by atoms with Crippen LogP contribution in [-0.4, -0.2) is 29.8 Å². The van der Waals surface area contributed by atoms with Crippen LogP contribution >= 0.6 is 0 Å². The highest BCUT2D eigenvalue weighted by Crippen LogP contribution is 2.19. The van der Waals surface area contributed by atoms with Gasteiger partial charge < -0.3 is 10.2 Å². The van der Waals surface area contributed by atoms with Crippen LogP contribution < -0.4 is 5.32 Å². The normalized spacial score (nSPS) is 11.0. The molecule has 0 atom stereocenters. The summed E-state index contributed by atoms with van der Waals surface area (Å²) in [7, 11) is 0. The average Bonchev–Trinajstić information content (AvgIpc) is 2.67. The van der Waals surface area contributed by atoms with E-state index in [2.05, 4.69) is 5.32 Å². The average molecular weight is 412 g/mol. The molecular formula is C20H17F5N2O2. The van der Waals surface area contributed by atoms with Crippen molar-refractivity contribution in [2.24, 2.45) is 0 Å². The van der Waals surface area contributed by atoms with E-state index in [1.54, 1.807) is 6.92 Å². The minimum absolute atomic E-state index is 0.122. The van der Waals surface area contributed by atoms with E-state index in [-0.39, 0.29) is 6.54 Å². The molecule has 0 aliphatic heterocycles. The number of nitrogens with zero attached hydrogens (tertiary/aromatic N) is 1. The van der Waals surface area contributed by atoms with E-state index in [1.807, 2.05) is 0 Å². The van der Waals surface area contributed by atoms with Gasteiger partial charge in [0.15, 0.2) is 17.5 Å². The summed E-state index contributed by atoms with van der Waals surface area (Å²) in [6, 6.07) is 4.73. The number of carbonyl (C=O) groups is 2. The molecule has 2 amide bonds. The van der Waals surface area contributed by atoms with E-state index in [1.165, 1.54) is 6.07 Å². The Hall–Kier alpha value is -3.23. The van der Waals surface area contributed by atoms with Crippen LogP contribution in [0.1, 0.15) is 18.9 Å². The molecule has 154 valence electrons. The second-order valence-electron chi connectivity index (χ2n) is 6.00. The first-order valence-corrected chi connectivity index (χ1v) is 8.59. The highest BCUT2D eigenvalue weighted by atomic mass is 19.2. The van der Waals surface area contributed by atoms with Gasteiger partial charge in [-0.1, -0.05) is 13.0 Å². The molecule has 4 nitrogen and oxygen atoms in total. The van der Waals surface area contributed by atoms with Crippen LogP contribution in [0.5, 0.6) is 0 Å². The Balaban J connectivity index is 2.11. The Bertz CT molecular complexity index is 926. The minimum atomic E-state index is -1.74. The standard InChI is InChI=1S/C20H17F5N2O2/c1-2-10-27(18(29)9-6-12-13(21)4-3-5-14(12)22)11-17(28)26-16-8-7-15(23)19(24)20(16)25/h3-9H,2,10-11H2,1H3,(H,26,28)/b9-6+. The van der Waals surface area contributed by atoms with Crippen LogP contribution in [0.25, 0.3) is 6.08 Å². The summed E-state index contributed by atoms with van der Waals surface area (Å²) < 4.78 is 67.1. The van der Waals surface area contributed by atoms with Crippen molar-refractivity contribution in [3.8, 4) is 0 Å². The maximum Gasteiger partial charge on any atom is 0.247 e. The lowest BCUT2D eigenvalue weighted by atomic mass is 10.2. The van der Waals surface area contributed by atoms with E-state index >= 15 is 0 Å². The van der Waals surface area contributed by atoms with Gasteiger partial charge in [0.05, 0.1) is 5.69 Å². The van der Waals surface area contributed by atoms with Gasteiger partial charge in [0.2, 0.25) is 11.8 Å². The second-order valence-corrected chi connectivity index (χ2v) is 6.00. The number of carbonyl (C=O) groups excluding carboxylic acids is 2. The highest BCUT2D eigenvalue weighted by Gasteiger charge is 2.18. The number of halogens is 5. The fourth-order valence-electron chi connectivity index (χ4n) is 2.45. The Labute approximate surface area is 163 Å². The predicted octanol–water partition coefficient (Wildman–Crippen LogP) is 4.27. The summed E-state index contributed by atoms with van der Waals surface area (Å²) in [5.41, 5.74) is -0.993. The number of anilines is 1. The molecule has 2 aromatic carbocycles. The molecule has 0 aromatic heterocycles. The summed E-state index contributed by atoms with van der Waals surface area (Å²) >= 11 is 0. The maximum absolute atomic E-state index is 13.7. The fourth-order valence-corrected chi connectivity index (χ4v) is 2.45. The van der Waals surface area contributed by atoms with E-state index in [0.29, 0.717) is 12.5 Å². The zero-order valence-electron chi connectivity index (χ0n) is 15.3. The van der Waals surface area contributed by atoms with Crippen molar-refractivity contribution in [2.75, 3.05) is 18.4 Å². The van der Waals surface area contributed by atoms with E-state index in [4.69, 9.17) is 0 Å². The van der Waals surface area contributed by atoms with Gasteiger partial charge in [-0.25, -0.2) is 22.0 Å². The number of nitrogens with one attached hydrogen (secondary N) is 1. The monoisotopic (exact) mass is 412 g/mol. The smallest absolute Gasteiger partial charge is 0.247 e. The zero-order valence-corrected chi connectivity index (χ0v) is 15.3. The quantitative estimate of drug-likeness (QED) is 0.420. The molecule has 29 heavy (non-hydrogen) atoms. The van der Waals surface area contributed by atoms with Gasteiger partial charge in [-0.3, -0.25) is 9.59 Å². The molecule has 0 fully saturated rings. The predicted molar refractivity (Wildman–Crippen MR) is 97.2 cm³/mol. The Morgan fingerprint density at radius 1 is 0.966 bits per heavy atom. The lowest BCUT2D eigenvalue weighted by molar-refractivity contribution is -0.130. The molecule has 2 rings (SSSR count). The molecule has 0 saturated carbocycles. The lowest BCUT2D eigenvalue weighted by Gasteiger charge is -2.20. The van der Waals surface area contributed by atoms with Gasteiger partial charge in [0.1, 0.15) is 18.2 Å². The molecule has 9 heteroatoms. The molecule has 0 radical (unpaired) electrons. The third-order valence-corrected chi connectivity index (χ3v) is 3.84. The number of hydrogen-bond acceptors (Lipinski definition) is 2. The van der Waals surface area contributed by atoms with Gasteiger partial charge in [-0.15, -0.1) is 0 Å². The Morgan fingerprint density at radius 3 is 2.24 bits per heavy atom. The number of benzene rings is 2. The number of hydrogen-bond donors (Lipinski definition) is 1. The fraction of sp³-hybridized carbons (Fsp3) is 0.200. The van der Waals surface area contributed by atoms with Crippen molar-refractivity contribution in [3.63, 3.8) is 0 Å². The van der Waals surface area contributed by atoms with E-state index < -0.39 is 58.7 Å². The third kappa shape index (κ3) is 5.63. The zero-order chi connectivity index (χ0) is 21.6. The van der Waals surface area contributed by atoms with Crippen molar-refractivity contribution in [1.82, 2.24) is 4.90 Å². The highest BCUT2D eigenvalue weighted by molar-refractivity contribution is 5.98. The molecule has 0 bridgehead atoms.